The number of benzene rings is 1. The monoisotopic (exact) mass is 360 g/mol. The lowest BCUT2D eigenvalue weighted by molar-refractivity contribution is -0.141. The molecule has 1 fully saturated rings. The SMILES string of the molecule is COc1ccc(-c2ccc(CNC(=O)N3CCC(C(=O)O)C3)s2)cc1. The Morgan fingerprint density at radius 1 is 1.28 bits per heavy atom. The van der Waals surface area contributed by atoms with Gasteiger partial charge in [0.25, 0.3) is 0 Å². The second-order valence-electron chi connectivity index (χ2n) is 5.92. The van der Waals surface area contributed by atoms with E-state index in [0.29, 0.717) is 19.5 Å². The van der Waals surface area contributed by atoms with Crippen molar-refractivity contribution in [2.45, 2.75) is 13.0 Å². The van der Waals surface area contributed by atoms with Gasteiger partial charge in [-0.25, -0.2) is 4.79 Å². The maximum Gasteiger partial charge on any atom is 0.317 e. The number of carbonyl (C=O) groups is 2. The average molecular weight is 360 g/mol. The fourth-order valence-electron chi connectivity index (χ4n) is 2.80. The summed E-state index contributed by atoms with van der Waals surface area (Å²) in [4.78, 5) is 26.8. The molecule has 2 amide bonds. The predicted octanol–water partition coefficient (Wildman–Crippen LogP) is 3.04. The Kier molecular flexibility index (Phi) is 5.23. The van der Waals surface area contributed by atoms with Crippen LogP contribution in [0.2, 0.25) is 0 Å². The van der Waals surface area contributed by atoms with Gasteiger partial charge >= 0.3 is 12.0 Å². The van der Waals surface area contributed by atoms with Gasteiger partial charge in [0.05, 0.1) is 19.6 Å². The van der Waals surface area contributed by atoms with Crippen LogP contribution in [0.3, 0.4) is 0 Å². The Morgan fingerprint density at radius 3 is 2.68 bits per heavy atom. The Hall–Kier alpha value is -2.54. The summed E-state index contributed by atoms with van der Waals surface area (Å²) in [5.41, 5.74) is 1.10. The molecule has 1 saturated heterocycles. The number of likely N-dealkylation sites (tertiary alicyclic amines) is 1. The molecule has 1 aliphatic rings. The van der Waals surface area contributed by atoms with Crippen molar-refractivity contribution in [2.24, 2.45) is 5.92 Å². The standard InChI is InChI=1S/C18H20N2O4S/c1-24-14-4-2-12(3-5-14)16-7-6-15(25-16)10-19-18(23)20-9-8-13(11-20)17(21)22/h2-7,13H,8-11H2,1H3,(H,19,23)(H,21,22). The molecule has 132 valence electrons. The van der Waals surface area contributed by atoms with Crippen LogP contribution in [0, 0.1) is 5.92 Å². The third kappa shape index (κ3) is 4.11. The van der Waals surface area contributed by atoms with E-state index < -0.39 is 11.9 Å². The molecule has 1 aromatic carbocycles. The van der Waals surface area contributed by atoms with Gasteiger partial charge in [-0.05, 0) is 48.4 Å². The van der Waals surface area contributed by atoms with Crippen LogP contribution in [0.4, 0.5) is 4.79 Å². The molecule has 6 nitrogen and oxygen atoms in total. The number of hydrogen-bond acceptors (Lipinski definition) is 4. The lowest BCUT2D eigenvalue weighted by Gasteiger charge is -2.16. The van der Waals surface area contributed by atoms with Crippen molar-refractivity contribution in [3.63, 3.8) is 0 Å². The van der Waals surface area contributed by atoms with E-state index in [9.17, 15) is 9.59 Å². The van der Waals surface area contributed by atoms with Crippen LogP contribution >= 0.6 is 11.3 Å². The first-order chi connectivity index (χ1) is 12.1. The quantitative estimate of drug-likeness (QED) is 0.859. The lowest BCUT2D eigenvalue weighted by atomic mass is 10.1. The molecule has 2 aromatic rings. The van der Waals surface area contributed by atoms with E-state index >= 15 is 0 Å². The second kappa shape index (κ2) is 7.57. The van der Waals surface area contributed by atoms with E-state index in [1.165, 1.54) is 0 Å². The summed E-state index contributed by atoms with van der Waals surface area (Å²) < 4.78 is 5.16. The second-order valence-corrected chi connectivity index (χ2v) is 7.09. The Morgan fingerprint density at radius 2 is 2.04 bits per heavy atom. The van der Waals surface area contributed by atoms with Crippen LogP contribution in [-0.4, -0.2) is 42.2 Å². The Bertz CT molecular complexity index is 757. The molecule has 2 N–H and O–H groups in total. The summed E-state index contributed by atoms with van der Waals surface area (Å²) in [6, 6.07) is 11.7. The van der Waals surface area contributed by atoms with Gasteiger partial charge in [0.15, 0.2) is 0 Å². The molecule has 1 unspecified atom stereocenters. The molecule has 0 radical (unpaired) electrons. The normalized spacial score (nSPS) is 16.7. The fraction of sp³-hybridized carbons (Fsp3) is 0.333. The first kappa shape index (κ1) is 17.3. The van der Waals surface area contributed by atoms with Crippen molar-refractivity contribution in [3.8, 4) is 16.2 Å². The number of carboxylic acids is 1. The number of nitrogens with one attached hydrogen (secondary N) is 1. The van der Waals surface area contributed by atoms with Crippen molar-refractivity contribution < 1.29 is 19.4 Å². The molecule has 1 aliphatic heterocycles. The van der Waals surface area contributed by atoms with Crippen molar-refractivity contribution in [1.82, 2.24) is 10.2 Å². The molecule has 0 bridgehead atoms. The van der Waals surface area contributed by atoms with Gasteiger partial charge in [-0.15, -0.1) is 11.3 Å². The topological polar surface area (TPSA) is 78.9 Å². The molecular formula is C18H20N2O4S. The summed E-state index contributed by atoms with van der Waals surface area (Å²) in [5.74, 6) is -0.468. The molecule has 2 heterocycles. The molecular weight excluding hydrogens is 340 g/mol. The molecule has 25 heavy (non-hydrogen) atoms. The number of carbonyl (C=O) groups excluding carboxylic acids is 1. The predicted molar refractivity (Wildman–Crippen MR) is 95.9 cm³/mol. The van der Waals surface area contributed by atoms with E-state index in [1.807, 2.05) is 36.4 Å². The summed E-state index contributed by atoms with van der Waals surface area (Å²) >= 11 is 1.62. The molecule has 0 saturated carbocycles. The highest BCUT2D eigenvalue weighted by Gasteiger charge is 2.30. The number of hydrogen-bond donors (Lipinski definition) is 2. The smallest absolute Gasteiger partial charge is 0.317 e. The largest absolute Gasteiger partial charge is 0.497 e. The van der Waals surface area contributed by atoms with Gasteiger partial charge in [-0.1, -0.05) is 0 Å². The zero-order valence-corrected chi connectivity index (χ0v) is 14.7. The average Bonchev–Trinajstić information content (AvgIpc) is 3.29. The van der Waals surface area contributed by atoms with Crippen molar-refractivity contribution in [1.29, 1.82) is 0 Å². The summed E-state index contributed by atoms with van der Waals surface area (Å²) in [6.45, 7) is 1.21. The molecule has 1 atom stereocenters. The summed E-state index contributed by atoms with van der Waals surface area (Å²) in [6.07, 6.45) is 0.517. The van der Waals surface area contributed by atoms with E-state index in [0.717, 1.165) is 21.1 Å². The highest BCUT2D eigenvalue weighted by Crippen LogP contribution is 2.29. The Balaban J connectivity index is 1.55. The first-order valence-electron chi connectivity index (χ1n) is 8.05. The minimum absolute atomic E-state index is 0.205. The Labute approximate surface area is 150 Å². The number of thiophene rings is 1. The molecule has 0 aliphatic carbocycles. The van der Waals surface area contributed by atoms with E-state index in [2.05, 4.69) is 5.32 Å². The van der Waals surface area contributed by atoms with Gasteiger partial charge in [-0.3, -0.25) is 4.79 Å². The van der Waals surface area contributed by atoms with Crippen LogP contribution in [0.15, 0.2) is 36.4 Å². The summed E-state index contributed by atoms with van der Waals surface area (Å²) in [7, 11) is 1.64. The zero-order chi connectivity index (χ0) is 17.8. The van der Waals surface area contributed by atoms with E-state index in [-0.39, 0.29) is 12.6 Å². The maximum absolute atomic E-state index is 12.1. The van der Waals surface area contributed by atoms with Crippen LogP contribution in [0.25, 0.3) is 10.4 Å². The minimum atomic E-state index is -0.835. The lowest BCUT2D eigenvalue weighted by Crippen LogP contribution is -2.38. The van der Waals surface area contributed by atoms with E-state index in [4.69, 9.17) is 9.84 Å². The van der Waals surface area contributed by atoms with Gasteiger partial charge in [0, 0.05) is 22.8 Å². The first-order valence-corrected chi connectivity index (χ1v) is 8.87. The minimum Gasteiger partial charge on any atom is -0.497 e. The van der Waals surface area contributed by atoms with Crippen molar-refractivity contribution in [3.05, 3.63) is 41.3 Å². The van der Waals surface area contributed by atoms with Gasteiger partial charge in [0.2, 0.25) is 0 Å². The highest BCUT2D eigenvalue weighted by molar-refractivity contribution is 7.15. The van der Waals surface area contributed by atoms with Crippen LogP contribution < -0.4 is 10.1 Å². The zero-order valence-electron chi connectivity index (χ0n) is 13.9. The molecule has 1 aromatic heterocycles. The van der Waals surface area contributed by atoms with Crippen LogP contribution in [0.1, 0.15) is 11.3 Å². The van der Waals surface area contributed by atoms with Crippen molar-refractivity contribution >= 4 is 23.3 Å². The number of ether oxygens (including phenoxy) is 1. The number of rotatable bonds is 5. The molecule has 7 heteroatoms. The number of methoxy groups -OCH3 is 1. The third-order valence-electron chi connectivity index (χ3n) is 4.27. The fourth-order valence-corrected chi connectivity index (χ4v) is 3.76. The number of amides is 2. The molecule has 3 rings (SSSR count). The number of carboxylic acid groups (broad SMARTS) is 1. The van der Waals surface area contributed by atoms with Gasteiger partial charge < -0.3 is 20.1 Å². The van der Waals surface area contributed by atoms with Crippen LogP contribution in [-0.2, 0) is 11.3 Å². The molecule has 0 spiro atoms. The van der Waals surface area contributed by atoms with E-state index in [1.54, 1.807) is 23.3 Å². The van der Waals surface area contributed by atoms with Gasteiger partial charge in [0.1, 0.15) is 5.75 Å². The number of nitrogens with zero attached hydrogens (tertiary/aromatic N) is 1. The maximum atomic E-state index is 12.1. The number of aliphatic carboxylic acids is 1. The highest BCUT2D eigenvalue weighted by atomic mass is 32.1. The third-order valence-corrected chi connectivity index (χ3v) is 5.41. The van der Waals surface area contributed by atoms with Gasteiger partial charge in [-0.2, -0.15) is 0 Å². The van der Waals surface area contributed by atoms with Crippen LogP contribution in [0.5, 0.6) is 5.75 Å². The number of urea groups is 1. The van der Waals surface area contributed by atoms with Crippen molar-refractivity contribution in [2.75, 3.05) is 20.2 Å². The summed E-state index contributed by atoms with van der Waals surface area (Å²) in [5, 5.41) is 11.9.